The molecular formula is C16H26ClN3O. The molecule has 1 saturated heterocycles. The van der Waals surface area contributed by atoms with Crippen molar-refractivity contribution in [1.82, 2.24) is 10.4 Å². The quantitative estimate of drug-likeness (QED) is 0.877. The number of benzene rings is 1. The van der Waals surface area contributed by atoms with Gasteiger partial charge in [0.1, 0.15) is 5.75 Å². The Labute approximate surface area is 132 Å². The number of hydrazine groups is 1. The molecule has 1 aromatic rings. The van der Waals surface area contributed by atoms with E-state index in [9.17, 15) is 0 Å². The van der Waals surface area contributed by atoms with Gasteiger partial charge in [-0.05, 0) is 44.4 Å². The summed E-state index contributed by atoms with van der Waals surface area (Å²) in [5.74, 6) is 0.691. The Morgan fingerprint density at radius 1 is 1.38 bits per heavy atom. The van der Waals surface area contributed by atoms with Crippen LogP contribution in [0.15, 0.2) is 18.2 Å². The van der Waals surface area contributed by atoms with Gasteiger partial charge in [0, 0.05) is 18.6 Å². The standard InChI is InChI=1S/C16H26ClN3O/c1-11-5-4-6-12(2)20(11)19-15(10-18)13-7-8-16(21-3)14(17)9-13/h7-9,11-12,15,19H,4-6,10,18H2,1-3H3. The number of nitrogens with zero attached hydrogens (tertiary/aromatic N) is 1. The lowest BCUT2D eigenvalue weighted by atomic mass is 9.99. The third-order valence-electron chi connectivity index (χ3n) is 4.31. The van der Waals surface area contributed by atoms with E-state index in [1.54, 1.807) is 7.11 Å². The van der Waals surface area contributed by atoms with Gasteiger partial charge in [-0.2, -0.15) is 0 Å². The number of hydrogen-bond acceptors (Lipinski definition) is 4. The molecule has 5 heteroatoms. The van der Waals surface area contributed by atoms with Gasteiger partial charge < -0.3 is 10.5 Å². The number of halogens is 1. The smallest absolute Gasteiger partial charge is 0.137 e. The number of methoxy groups -OCH3 is 1. The molecule has 1 fully saturated rings. The van der Waals surface area contributed by atoms with Crippen molar-refractivity contribution in [2.24, 2.45) is 5.73 Å². The fourth-order valence-corrected chi connectivity index (χ4v) is 3.28. The van der Waals surface area contributed by atoms with E-state index in [4.69, 9.17) is 22.1 Å². The zero-order chi connectivity index (χ0) is 15.4. The zero-order valence-electron chi connectivity index (χ0n) is 13.1. The number of hydrogen-bond donors (Lipinski definition) is 2. The number of piperidine rings is 1. The molecule has 2 rings (SSSR count). The molecule has 0 aliphatic carbocycles. The first kappa shape index (κ1) is 16.6. The van der Waals surface area contributed by atoms with Gasteiger partial charge in [-0.15, -0.1) is 0 Å². The first-order valence-electron chi connectivity index (χ1n) is 7.64. The molecule has 1 aliphatic rings. The van der Waals surface area contributed by atoms with Gasteiger partial charge in [0.05, 0.1) is 18.2 Å². The van der Waals surface area contributed by atoms with Crippen LogP contribution in [-0.4, -0.2) is 30.7 Å². The van der Waals surface area contributed by atoms with Gasteiger partial charge in [0.15, 0.2) is 0 Å². The van der Waals surface area contributed by atoms with Crippen LogP contribution in [0, 0.1) is 0 Å². The second kappa shape index (κ2) is 7.45. The van der Waals surface area contributed by atoms with Crippen LogP contribution in [0.3, 0.4) is 0 Å². The fraction of sp³-hybridized carbons (Fsp3) is 0.625. The van der Waals surface area contributed by atoms with Crippen molar-refractivity contribution in [3.05, 3.63) is 28.8 Å². The van der Waals surface area contributed by atoms with Crippen molar-refractivity contribution in [3.8, 4) is 5.75 Å². The van der Waals surface area contributed by atoms with Gasteiger partial charge in [-0.25, -0.2) is 10.4 Å². The summed E-state index contributed by atoms with van der Waals surface area (Å²) in [4.78, 5) is 0. The summed E-state index contributed by atoms with van der Waals surface area (Å²) in [6.07, 6.45) is 3.73. The lowest BCUT2D eigenvalue weighted by Gasteiger charge is -2.41. The average Bonchev–Trinajstić information content (AvgIpc) is 2.47. The summed E-state index contributed by atoms with van der Waals surface area (Å²) in [5.41, 5.74) is 10.7. The van der Waals surface area contributed by atoms with E-state index in [0.717, 1.165) is 5.56 Å². The maximum Gasteiger partial charge on any atom is 0.137 e. The summed E-state index contributed by atoms with van der Waals surface area (Å²) in [6, 6.07) is 6.97. The van der Waals surface area contributed by atoms with Gasteiger partial charge in [-0.3, -0.25) is 0 Å². The van der Waals surface area contributed by atoms with Crippen LogP contribution in [0.5, 0.6) is 5.75 Å². The number of rotatable bonds is 5. The largest absolute Gasteiger partial charge is 0.495 e. The van der Waals surface area contributed by atoms with Crippen LogP contribution in [0.25, 0.3) is 0 Å². The topological polar surface area (TPSA) is 50.5 Å². The molecule has 3 unspecified atom stereocenters. The van der Waals surface area contributed by atoms with Crippen LogP contribution >= 0.6 is 11.6 Å². The molecular weight excluding hydrogens is 286 g/mol. The summed E-state index contributed by atoms with van der Waals surface area (Å²) in [7, 11) is 1.62. The molecule has 21 heavy (non-hydrogen) atoms. The Kier molecular flexibility index (Phi) is 5.88. The van der Waals surface area contributed by atoms with Crippen LogP contribution < -0.4 is 15.9 Å². The molecule has 3 atom stereocenters. The second-order valence-corrected chi connectivity index (χ2v) is 6.25. The van der Waals surface area contributed by atoms with Crippen molar-refractivity contribution >= 4 is 11.6 Å². The molecule has 0 amide bonds. The number of nitrogens with two attached hydrogens (primary N) is 1. The summed E-state index contributed by atoms with van der Waals surface area (Å²) < 4.78 is 5.20. The van der Waals surface area contributed by atoms with Crippen LogP contribution in [0.2, 0.25) is 5.02 Å². The van der Waals surface area contributed by atoms with Crippen LogP contribution in [0.1, 0.15) is 44.7 Å². The summed E-state index contributed by atoms with van der Waals surface area (Å²) in [5, 5.41) is 2.97. The lowest BCUT2D eigenvalue weighted by Crippen LogP contribution is -2.54. The van der Waals surface area contributed by atoms with Crippen molar-refractivity contribution < 1.29 is 4.74 Å². The molecule has 1 aliphatic heterocycles. The minimum absolute atomic E-state index is 0.0661. The van der Waals surface area contributed by atoms with E-state index in [2.05, 4.69) is 24.3 Å². The Balaban J connectivity index is 2.13. The molecule has 0 bridgehead atoms. The fourth-order valence-electron chi connectivity index (χ4n) is 3.02. The maximum absolute atomic E-state index is 6.22. The highest BCUT2D eigenvalue weighted by atomic mass is 35.5. The summed E-state index contributed by atoms with van der Waals surface area (Å²) >= 11 is 6.22. The predicted octanol–water partition coefficient (Wildman–Crippen LogP) is 3.12. The number of nitrogens with one attached hydrogen (secondary N) is 1. The lowest BCUT2D eigenvalue weighted by molar-refractivity contribution is 0.0304. The van der Waals surface area contributed by atoms with Crippen molar-refractivity contribution in [3.63, 3.8) is 0 Å². The minimum Gasteiger partial charge on any atom is -0.495 e. The molecule has 1 heterocycles. The van der Waals surface area contributed by atoms with E-state index in [0.29, 0.717) is 29.4 Å². The third kappa shape index (κ3) is 3.89. The predicted molar refractivity (Wildman–Crippen MR) is 87.5 cm³/mol. The molecule has 3 N–H and O–H groups in total. The Hall–Kier alpha value is -0.810. The second-order valence-electron chi connectivity index (χ2n) is 5.85. The Morgan fingerprint density at radius 3 is 2.57 bits per heavy atom. The molecule has 0 radical (unpaired) electrons. The van der Waals surface area contributed by atoms with Gasteiger partial charge >= 0.3 is 0 Å². The molecule has 0 saturated carbocycles. The highest BCUT2D eigenvalue weighted by molar-refractivity contribution is 6.32. The molecule has 118 valence electrons. The zero-order valence-corrected chi connectivity index (χ0v) is 13.9. The summed E-state index contributed by atoms with van der Waals surface area (Å²) in [6.45, 7) is 5.05. The Morgan fingerprint density at radius 2 is 2.05 bits per heavy atom. The molecule has 1 aromatic carbocycles. The Bertz CT molecular complexity index is 459. The maximum atomic E-state index is 6.22. The first-order chi connectivity index (χ1) is 10.1. The van der Waals surface area contributed by atoms with E-state index < -0.39 is 0 Å². The molecule has 0 spiro atoms. The normalized spacial score (nSPS) is 24.8. The van der Waals surface area contributed by atoms with Crippen molar-refractivity contribution in [2.75, 3.05) is 13.7 Å². The van der Waals surface area contributed by atoms with E-state index in [-0.39, 0.29) is 6.04 Å². The SMILES string of the molecule is COc1ccc(C(CN)NN2C(C)CCCC2C)cc1Cl. The van der Waals surface area contributed by atoms with E-state index in [1.165, 1.54) is 19.3 Å². The van der Waals surface area contributed by atoms with Crippen molar-refractivity contribution in [1.29, 1.82) is 0 Å². The highest BCUT2D eigenvalue weighted by Crippen LogP contribution is 2.28. The van der Waals surface area contributed by atoms with Gasteiger partial charge in [0.25, 0.3) is 0 Å². The molecule has 0 aromatic heterocycles. The van der Waals surface area contributed by atoms with Gasteiger partial charge in [-0.1, -0.05) is 24.1 Å². The number of ether oxygens (including phenoxy) is 1. The van der Waals surface area contributed by atoms with Gasteiger partial charge in [0.2, 0.25) is 0 Å². The molecule has 4 nitrogen and oxygen atoms in total. The van der Waals surface area contributed by atoms with Crippen LogP contribution in [-0.2, 0) is 0 Å². The van der Waals surface area contributed by atoms with Crippen LogP contribution in [0.4, 0.5) is 0 Å². The average molecular weight is 312 g/mol. The minimum atomic E-state index is 0.0661. The highest BCUT2D eigenvalue weighted by Gasteiger charge is 2.27. The van der Waals surface area contributed by atoms with E-state index in [1.807, 2.05) is 18.2 Å². The monoisotopic (exact) mass is 311 g/mol. The first-order valence-corrected chi connectivity index (χ1v) is 8.02. The van der Waals surface area contributed by atoms with E-state index >= 15 is 0 Å². The third-order valence-corrected chi connectivity index (χ3v) is 4.61. The van der Waals surface area contributed by atoms with Crippen molar-refractivity contribution in [2.45, 2.75) is 51.2 Å².